The van der Waals surface area contributed by atoms with E-state index in [1.165, 1.54) is 33.4 Å². The molecule has 1 atom stereocenters. The van der Waals surface area contributed by atoms with Crippen molar-refractivity contribution >= 4 is 6.09 Å². The molecule has 5 rings (SSSR count). The topological polar surface area (TPSA) is 29.5 Å². The van der Waals surface area contributed by atoms with E-state index in [2.05, 4.69) is 43.3 Å². The Morgan fingerprint density at radius 1 is 1.03 bits per heavy atom. The first kappa shape index (κ1) is 18.0. The number of fused-ring (bicyclic) bond motifs is 3. The SMILES string of the molecule is Cc1cc2c(c(C3CCCN3C(=O)OCc3ccccc3)c1)Cc1ccccc1-2. The molecule has 0 bridgehead atoms. The summed E-state index contributed by atoms with van der Waals surface area (Å²) in [5.41, 5.74) is 8.99. The van der Waals surface area contributed by atoms with Gasteiger partial charge in [0.15, 0.2) is 0 Å². The van der Waals surface area contributed by atoms with Gasteiger partial charge < -0.3 is 9.64 Å². The van der Waals surface area contributed by atoms with Gasteiger partial charge >= 0.3 is 6.09 Å². The van der Waals surface area contributed by atoms with E-state index in [0.29, 0.717) is 6.61 Å². The van der Waals surface area contributed by atoms with Gasteiger partial charge in [-0.05, 0) is 59.6 Å². The van der Waals surface area contributed by atoms with Gasteiger partial charge in [0.25, 0.3) is 0 Å². The molecule has 2 aliphatic rings. The molecule has 1 unspecified atom stereocenters. The predicted molar refractivity (Wildman–Crippen MR) is 115 cm³/mol. The molecule has 0 N–H and O–H groups in total. The third kappa shape index (κ3) is 3.31. The molecule has 0 aromatic heterocycles. The highest BCUT2D eigenvalue weighted by Crippen LogP contribution is 2.44. The highest BCUT2D eigenvalue weighted by atomic mass is 16.6. The minimum absolute atomic E-state index is 0.0984. The van der Waals surface area contributed by atoms with E-state index >= 15 is 0 Å². The van der Waals surface area contributed by atoms with Crippen molar-refractivity contribution in [3.05, 3.63) is 94.5 Å². The molecule has 3 nitrogen and oxygen atoms in total. The maximum atomic E-state index is 12.9. The third-order valence-electron chi connectivity index (χ3n) is 6.15. The lowest BCUT2D eigenvalue weighted by Gasteiger charge is -2.26. The first-order valence-corrected chi connectivity index (χ1v) is 10.4. The van der Waals surface area contributed by atoms with E-state index in [-0.39, 0.29) is 12.1 Å². The number of likely N-dealkylation sites (tertiary alicyclic amines) is 1. The lowest BCUT2D eigenvalue weighted by atomic mass is 9.92. The molecule has 29 heavy (non-hydrogen) atoms. The number of carbonyl (C=O) groups excluding carboxylic acids is 1. The van der Waals surface area contributed by atoms with Crippen LogP contribution in [-0.4, -0.2) is 17.5 Å². The Hall–Kier alpha value is -3.07. The molecule has 1 aliphatic carbocycles. The summed E-state index contributed by atoms with van der Waals surface area (Å²) < 4.78 is 5.66. The molecule has 1 saturated heterocycles. The number of nitrogens with zero attached hydrogens (tertiary/aromatic N) is 1. The third-order valence-corrected chi connectivity index (χ3v) is 6.15. The van der Waals surface area contributed by atoms with Crippen LogP contribution in [-0.2, 0) is 17.8 Å². The summed E-state index contributed by atoms with van der Waals surface area (Å²) in [7, 11) is 0. The Balaban J connectivity index is 1.42. The van der Waals surface area contributed by atoms with Crippen molar-refractivity contribution in [2.24, 2.45) is 0 Å². The molecule has 1 amide bonds. The van der Waals surface area contributed by atoms with E-state index in [1.807, 2.05) is 35.2 Å². The van der Waals surface area contributed by atoms with Crippen LogP contribution < -0.4 is 0 Å². The second-order valence-corrected chi connectivity index (χ2v) is 8.11. The number of aryl methyl sites for hydroxylation is 1. The van der Waals surface area contributed by atoms with E-state index < -0.39 is 0 Å². The zero-order chi connectivity index (χ0) is 19.8. The lowest BCUT2D eigenvalue weighted by Crippen LogP contribution is -2.31. The van der Waals surface area contributed by atoms with Gasteiger partial charge in [-0.25, -0.2) is 4.79 Å². The fourth-order valence-electron chi connectivity index (χ4n) is 4.82. The fourth-order valence-corrected chi connectivity index (χ4v) is 4.82. The van der Waals surface area contributed by atoms with Gasteiger partial charge in [-0.3, -0.25) is 0 Å². The summed E-state index contributed by atoms with van der Waals surface area (Å²) >= 11 is 0. The number of ether oxygens (including phenoxy) is 1. The Kier molecular flexibility index (Phi) is 4.59. The molecular weight excluding hydrogens is 358 g/mol. The van der Waals surface area contributed by atoms with Crippen LogP contribution in [0.25, 0.3) is 11.1 Å². The molecule has 0 spiro atoms. The van der Waals surface area contributed by atoms with Gasteiger partial charge in [-0.2, -0.15) is 0 Å². The second kappa shape index (κ2) is 7.40. The summed E-state index contributed by atoms with van der Waals surface area (Å²) in [5, 5.41) is 0. The number of hydrogen-bond donors (Lipinski definition) is 0. The summed E-state index contributed by atoms with van der Waals surface area (Å²) in [6.45, 7) is 3.23. The van der Waals surface area contributed by atoms with E-state index in [0.717, 1.165) is 31.4 Å². The molecule has 3 aromatic carbocycles. The Morgan fingerprint density at radius 3 is 2.69 bits per heavy atom. The molecule has 0 saturated carbocycles. The van der Waals surface area contributed by atoms with E-state index in [4.69, 9.17) is 4.74 Å². The molecule has 1 fully saturated rings. The van der Waals surface area contributed by atoms with Crippen LogP contribution in [0.4, 0.5) is 4.79 Å². The molecule has 3 aromatic rings. The largest absolute Gasteiger partial charge is 0.445 e. The number of benzene rings is 3. The van der Waals surface area contributed by atoms with Gasteiger partial charge in [0, 0.05) is 6.54 Å². The van der Waals surface area contributed by atoms with Crippen molar-refractivity contribution in [2.45, 2.75) is 38.8 Å². The molecule has 0 radical (unpaired) electrons. The number of hydrogen-bond acceptors (Lipinski definition) is 2. The second-order valence-electron chi connectivity index (χ2n) is 8.11. The van der Waals surface area contributed by atoms with E-state index in [9.17, 15) is 4.79 Å². The van der Waals surface area contributed by atoms with Gasteiger partial charge in [-0.1, -0.05) is 72.3 Å². The summed E-state index contributed by atoms with van der Waals surface area (Å²) in [6.07, 6.45) is 2.75. The van der Waals surface area contributed by atoms with Crippen molar-refractivity contribution in [1.82, 2.24) is 4.90 Å². The van der Waals surface area contributed by atoms with Crippen molar-refractivity contribution in [1.29, 1.82) is 0 Å². The average Bonchev–Trinajstić information content (AvgIpc) is 3.37. The minimum atomic E-state index is -0.206. The smallest absolute Gasteiger partial charge is 0.410 e. The van der Waals surface area contributed by atoms with Crippen LogP contribution >= 0.6 is 0 Å². The van der Waals surface area contributed by atoms with Crippen LogP contribution in [0.1, 0.15) is 46.7 Å². The number of amides is 1. The average molecular weight is 383 g/mol. The van der Waals surface area contributed by atoms with Crippen LogP contribution in [0.5, 0.6) is 0 Å². The summed E-state index contributed by atoms with van der Waals surface area (Å²) in [6, 6.07) is 23.2. The Bertz CT molecular complexity index is 1060. The standard InChI is InChI=1S/C26H25NO2/c1-18-14-22-21-11-6-5-10-20(21)16-23(22)24(15-18)25-12-7-13-27(25)26(28)29-17-19-8-3-2-4-9-19/h2-6,8-11,14-15,25H,7,12-13,16-17H2,1H3. The van der Waals surface area contributed by atoms with Gasteiger partial charge in [0.2, 0.25) is 0 Å². The minimum Gasteiger partial charge on any atom is -0.445 e. The molecule has 3 heteroatoms. The zero-order valence-corrected chi connectivity index (χ0v) is 16.7. The van der Waals surface area contributed by atoms with Crippen molar-refractivity contribution in [3.63, 3.8) is 0 Å². The van der Waals surface area contributed by atoms with E-state index in [1.54, 1.807) is 0 Å². The summed E-state index contributed by atoms with van der Waals surface area (Å²) in [5.74, 6) is 0. The van der Waals surface area contributed by atoms with Crippen molar-refractivity contribution < 1.29 is 9.53 Å². The maximum absolute atomic E-state index is 12.9. The van der Waals surface area contributed by atoms with Crippen LogP contribution in [0.2, 0.25) is 0 Å². The first-order valence-electron chi connectivity index (χ1n) is 10.4. The first-order chi connectivity index (χ1) is 14.2. The molecule has 1 heterocycles. The predicted octanol–water partition coefficient (Wildman–Crippen LogP) is 6.04. The van der Waals surface area contributed by atoms with Crippen LogP contribution in [0, 0.1) is 6.92 Å². The molecule has 1 aliphatic heterocycles. The van der Waals surface area contributed by atoms with Crippen LogP contribution in [0.15, 0.2) is 66.7 Å². The zero-order valence-electron chi connectivity index (χ0n) is 16.7. The monoisotopic (exact) mass is 383 g/mol. The van der Waals surface area contributed by atoms with Crippen molar-refractivity contribution in [3.8, 4) is 11.1 Å². The highest BCUT2D eigenvalue weighted by Gasteiger charge is 2.34. The quantitative estimate of drug-likeness (QED) is 0.432. The highest BCUT2D eigenvalue weighted by molar-refractivity contribution is 5.79. The Morgan fingerprint density at radius 2 is 1.83 bits per heavy atom. The normalized spacial score (nSPS) is 17.1. The summed E-state index contributed by atoms with van der Waals surface area (Å²) in [4.78, 5) is 14.8. The van der Waals surface area contributed by atoms with Crippen molar-refractivity contribution in [2.75, 3.05) is 6.54 Å². The van der Waals surface area contributed by atoms with Gasteiger partial charge in [-0.15, -0.1) is 0 Å². The number of carbonyl (C=O) groups is 1. The Labute approximate surface area is 171 Å². The molecule has 146 valence electrons. The van der Waals surface area contributed by atoms with Crippen LogP contribution in [0.3, 0.4) is 0 Å². The van der Waals surface area contributed by atoms with Gasteiger partial charge in [0.1, 0.15) is 6.61 Å². The molecular formula is C26H25NO2. The lowest BCUT2D eigenvalue weighted by molar-refractivity contribution is 0.0920. The maximum Gasteiger partial charge on any atom is 0.410 e. The van der Waals surface area contributed by atoms with Gasteiger partial charge in [0.05, 0.1) is 6.04 Å². The number of rotatable bonds is 3. The fraction of sp³-hybridized carbons (Fsp3) is 0.269.